The van der Waals surface area contributed by atoms with E-state index in [2.05, 4.69) is 33.1 Å². The first kappa shape index (κ1) is 18.0. The van der Waals surface area contributed by atoms with Crippen LogP contribution in [0.2, 0.25) is 0 Å². The van der Waals surface area contributed by atoms with Crippen LogP contribution < -0.4 is 10.5 Å². The van der Waals surface area contributed by atoms with Gasteiger partial charge in [0.05, 0.1) is 5.69 Å². The molecule has 10 heteroatoms. The number of hydrogen-bond donors (Lipinski definition) is 3. The molecule has 0 radical (unpaired) electrons. The van der Waals surface area contributed by atoms with Crippen molar-refractivity contribution in [3.05, 3.63) is 56.5 Å². The third-order valence-corrected chi connectivity index (χ3v) is 5.14. The first-order chi connectivity index (χ1) is 11.7. The minimum absolute atomic E-state index is 0.253. The van der Waals surface area contributed by atoms with Gasteiger partial charge in [0.2, 0.25) is 10.0 Å². The molecule has 0 bridgehead atoms. The summed E-state index contributed by atoms with van der Waals surface area (Å²) in [5, 5.41) is 10.6. The van der Waals surface area contributed by atoms with Crippen molar-refractivity contribution in [1.29, 1.82) is 0 Å². The number of nitrogens with two attached hydrogens (primary N) is 1. The van der Waals surface area contributed by atoms with Gasteiger partial charge in [0.25, 0.3) is 0 Å². The summed E-state index contributed by atoms with van der Waals surface area (Å²) in [6, 6.07) is 11.0. The Morgan fingerprint density at radius 1 is 1.20 bits per heavy atom. The number of primary sulfonamides is 1. The van der Waals surface area contributed by atoms with E-state index in [0.29, 0.717) is 21.6 Å². The van der Waals surface area contributed by atoms with Gasteiger partial charge < -0.3 is 9.84 Å². The largest absolute Gasteiger partial charge is 0.381 e. The fraction of sp³-hybridized carbons (Fsp3) is 0. The van der Waals surface area contributed by atoms with Crippen molar-refractivity contribution < 1.29 is 17.3 Å². The molecular formula is C15H11FIN3O3S2. The van der Waals surface area contributed by atoms with Crippen LogP contribution in [-0.4, -0.2) is 13.6 Å². The molecular weight excluding hydrogens is 480 g/mol. The number of H-pyrrole nitrogens is 1. The number of rotatable bonds is 4. The number of hydrogen-bond acceptors (Lipinski definition) is 5. The summed E-state index contributed by atoms with van der Waals surface area (Å²) >= 11 is 7.13. The first-order valence-corrected chi connectivity index (χ1v) is 9.85. The average molecular weight is 491 g/mol. The van der Waals surface area contributed by atoms with Crippen molar-refractivity contribution in [3.63, 3.8) is 0 Å². The molecule has 0 saturated carbocycles. The predicted octanol–water partition coefficient (Wildman–Crippen LogP) is 4.14. The smallest absolute Gasteiger partial charge is 0.240 e. The molecule has 0 unspecified atom stereocenters. The lowest BCUT2D eigenvalue weighted by Crippen LogP contribution is -2.14. The van der Waals surface area contributed by atoms with Crippen LogP contribution in [0.5, 0.6) is 0 Å². The Balaban J connectivity index is 2.17. The number of nitrogens with one attached hydrogen (secondary N) is 2. The maximum absolute atomic E-state index is 14.3. The zero-order chi connectivity index (χ0) is 18.2. The molecule has 0 fully saturated rings. The van der Waals surface area contributed by atoms with Crippen LogP contribution in [0.15, 0.2) is 51.9 Å². The molecule has 0 amide bonds. The van der Waals surface area contributed by atoms with Gasteiger partial charge in [-0.15, -0.1) is 0 Å². The van der Waals surface area contributed by atoms with Crippen LogP contribution in [0.3, 0.4) is 0 Å². The molecule has 1 heterocycles. The molecule has 0 aliphatic heterocycles. The SMILES string of the molecule is NS(=O)(=O)c1cc(-c2cc(=S)[nH]o2)c(Nc2ccc(I)cc2)cc1F. The Labute approximate surface area is 161 Å². The van der Waals surface area contributed by atoms with E-state index < -0.39 is 20.7 Å². The van der Waals surface area contributed by atoms with Gasteiger partial charge in [-0.3, -0.25) is 0 Å². The van der Waals surface area contributed by atoms with Gasteiger partial charge in [0, 0.05) is 20.9 Å². The van der Waals surface area contributed by atoms with Crippen LogP contribution in [-0.2, 0) is 10.0 Å². The Bertz CT molecular complexity index is 1090. The molecule has 130 valence electrons. The van der Waals surface area contributed by atoms with E-state index in [1.54, 1.807) is 0 Å². The zero-order valence-electron chi connectivity index (χ0n) is 12.4. The van der Waals surface area contributed by atoms with Crippen LogP contribution in [0.1, 0.15) is 0 Å². The van der Waals surface area contributed by atoms with E-state index in [4.69, 9.17) is 21.9 Å². The summed E-state index contributed by atoms with van der Waals surface area (Å²) in [5.41, 5.74) is 1.30. The van der Waals surface area contributed by atoms with E-state index in [1.165, 1.54) is 6.07 Å². The number of sulfonamides is 1. The number of halogens is 2. The highest BCUT2D eigenvalue weighted by atomic mass is 127. The predicted molar refractivity (Wildman–Crippen MR) is 103 cm³/mol. The maximum atomic E-state index is 14.3. The first-order valence-electron chi connectivity index (χ1n) is 6.82. The molecule has 3 rings (SSSR count). The van der Waals surface area contributed by atoms with Crippen molar-refractivity contribution >= 4 is 56.2 Å². The lowest BCUT2D eigenvalue weighted by atomic mass is 10.1. The third-order valence-electron chi connectivity index (χ3n) is 3.29. The number of aromatic amines is 1. The number of aromatic nitrogens is 1. The quantitative estimate of drug-likeness (QED) is 0.376. The fourth-order valence-electron chi connectivity index (χ4n) is 2.18. The molecule has 0 spiro atoms. The van der Waals surface area contributed by atoms with Crippen LogP contribution in [0.25, 0.3) is 11.3 Å². The van der Waals surface area contributed by atoms with Gasteiger partial charge in [-0.25, -0.2) is 23.1 Å². The second kappa shape index (κ2) is 6.86. The van der Waals surface area contributed by atoms with Crippen molar-refractivity contribution in [1.82, 2.24) is 5.16 Å². The molecule has 6 nitrogen and oxygen atoms in total. The monoisotopic (exact) mass is 491 g/mol. The average Bonchev–Trinajstić information content (AvgIpc) is 2.95. The molecule has 25 heavy (non-hydrogen) atoms. The Morgan fingerprint density at radius 2 is 1.88 bits per heavy atom. The van der Waals surface area contributed by atoms with Crippen molar-refractivity contribution in [3.8, 4) is 11.3 Å². The minimum atomic E-state index is -4.23. The van der Waals surface area contributed by atoms with Gasteiger partial charge in [0.1, 0.15) is 15.4 Å². The van der Waals surface area contributed by atoms with E-state index in [1.807, 2.05) is 24.3 Å². The van der Waals surface area contributed by atoms with Gasteiger partial charge in [-0.05, 0) is 59.0 Å². The molecule has 0 atom stereocenters. The number of anilines is 2. The molecule has 0 aliphatic rings. The van der Waals surface area contributed by atoms with E-state index >= 15 is 0 Å². The summed E-state index contributed by atoms with van der Waals surface area (Å²) in [7, 11) is -4.23. The van der Waals surface area contributed by atoms with Crippen LogP contribution >= 0.6 is 34.8 Å². The standard InChI is InChI=1S/C15H11FIN3O3S2/c16-11-6-12(19-9-3-1-8(17)2-4-9)10(5-14(11)25(18,21)22)13-7-15(24)20-23-13/h1-7,19H,(H,20,24)(H2,18,21,22). The molecule has 0 saturated heterocycles. The van der Waals surface area contributed by atoms with Crippen molar-refractivity contribution in [2.45, 2.75) is 4.90 Å². The van der Waals surface area contributed by atoms with E-state index in [0.717, 1.165) is 15.7 Å². The van der Waals surface area contributed by atoms with E-state index in [-0.39, 0.29) is 5.76 Å². The topological polar surface area (TPSA) is 101 Å². The minimum Gasteiger partial charge on any atom is -0.381 e. The molecule has 0 aliphatic carbocycles. The maximum Gasteiger partial charge on any atom is 0.240 e. The molecule has 3 aromatic rings. The Hall–Kier alpha value is -1.76. The number of benzene rings is 2. The van der Waals surface area contributed by atoms with Crippen LogP contribution in [0.4, 0.5) is 15.8 Å². The highest BCUT2D eigenvalue weighted by molar-refractivity contribution is 14.1. The molecule has 1 aromatic heterocycles. The summed E-state index contributed by atoms with van der Waals surface area (Å²) in [6.07, 6.45) is 0. The molecule has 4 N–H and O–H groups in total. The Morgan fingerprint density at radius 3 is 2.44 bits per heavy atom. The van der Waals surface area contributed by atoms with Gasteiger partial charge in [0.15, 0.2) is 5.76 Å². The summed E-state index contributed by atoms with van der Waals surface area (Å²) in [5.74, 6) is -0.712. The lowest BCUT2D eigenvalue weighted by Gasteiger charge is -2.13. The Kier molecular flexibility index (Phi) is 4.95. The highest BCUT2D eigenvalue weighted by Gasteiger charge is 2.20. The summed E-state index contributed by atoms with van der Waals surface area (Å²) in [6.45, 7) is 0. The summed E-state index contributed by atoms with van der Waals surface area (Å²) < 4.78 is 44.0. The second-order valence-corrected chi connectivity index (χ2v) is 8.30. The zero-order valence-corrected chi connectivity index (χ0v) is 16.2. The van der Waals surface area contributed by atoms with Crippen molar-refractivity contribution in [2.75, 3.05) is 5.32 Å². The van der Waals surface area contributed by atoms with Crippen LogP contribution in [0, 0.1) is 14.0 Å². The summed E-state index contributed by atoms with van der Waals surface area (Å²) in [4.78, 5) is -0.627. The second-order valence-electron chi connectivity index (χ2n) is 5.08. The fourth-order valence-corrected chi connectivity index (χ4v) is 3.30. The highest BCUT2D eigenvalue weighted by Crippen LogP contribution is 2.34. The van der Waals surface area contributed by atoms with Gasteiger partial charge in [-0.1, -0.05) is 12.2 Å². The normalized spacial score (nSPS) is 11.5. The van der Waals surface area contributed by atoms with Gasteiger partial charge in [-0.2, -0.15) is 0 Å². The lowest BCUT2D eigenvalue weighted by molar-refractivity contribution is 0.429. The van der Waals surface area contributed by atoms with E-state index in [9.17, 15) is 12.8 Å². The van der Waals surface area contributed by atoms with Gasteiger partial charge >= 0.3 is 0 Å². The molecule has 2 aromatic carbocycles. The van der Waals surface area contributed by atoms with Crippen molar-refractivity contribution in [2.24, 2.45) is 5.14 Å². The third kappa shape index (κ3) is 4.08.